The SMILES string of the molecule is Cl.Cl.NC1CCC(C(=O)NCc2ccccc2CN2CCCCCC2)C1. The predicted octanol–water partition coefficient (Wildman–Crippen LogP) is 3.65. The molecule has 4 nitrogen and oxygen atoms in total. The van der Waals surface area contributed by atoms with Crippen molar-refractivity contribution < 1.29 is 4.79 Å². The largest absolute Gasteiger partial charge is 0.352 e. The first-order valence-corrected chi connectivity index (χ1v) is 9.55. The summed E-state index contributed by atoms with van der Waals surface area (Å²) in [6, 6.07) is 8.73. The van der Waals surface area contributed by atoms with E-state index in [4.69, 9.17) is 5.73 Å². The van der Waals surface area contributed by atoms with E-state index in [2.05, 4.69) is 34.5 Å². The monoisotopic (exact) mass is 401 g/mol. The van der Waals surface area contributed by atoms with Crippen molar-refractivity contribution in [3.05, 3.63) is 35.4 Å². The van der Waals surface area contributed by atoms with Crippen molar-refractivity contribution in [3.8, 4) is 0 Å². The highest BCUT2D eigenvalue weighted by atomic mass is 35.5. The van der Waals surface area contributed by atoms with E-state index in [9.17, 15) is 4.79 Å². The lowest BCUT2D eigenvalue weighted by atomic mass is 10.0. The van der Waals surface area contributed by atoms with Crippen LogP contribution in [0, 0.1) is 5.92 Å². The van der Waals surface area contributed by atoms with Gasteiger partial charge in [-0.2, -0.15) is 0 Å². The molecule has 1 aliphatic carbocycles. The van der Waals surface area contributed by atoms with Crippen LogP contribution in [-0.4, -0.2) is 29.9 Å². The van der Waals surface area contributed by atoms with E-state index in [1.165, 1.54) is 49.9 Å². The quantitative estimate of drug-likeness (QED) is 0.791. The van der Waals surface area contributed by atoms with Gasteiger partial charge in [0.2, 0.25) is 5.91 Å². The van der Waals surface area contributed by atoms with Crippen LogP contribution in [0.4, 0.5) is 0 Å². The number of nitrogens with one attached hydrogen (secondary N) is 1. The zero-order valence-corrected chi connectivity index (χ0v) is 17.1. The number of nitrogens with zero attached hydrogens (tertiary/aromatic N) is 1. The zero-order chi connectivity index (χ0) is 16.8. The molecule has 1 saturated heterocycles. The lowest BCUT2D eigenvalue weighted by molar-refractivity contribution is -0.125. The number of carbonyl (C=O) groups excluding carboxylic acids is 1. The lowest BCUT2D eigenvalue weighted by Crippen LogP contribution is -2.31. The zero-order valence-electron chi connectivity index (χ0n) is 15.5. The molecule has 26 heavy (non-hydrogen) atoms. The minimum Gasteiger partial charge on any atom is -0.352 e. The van der Waals surface area contributed by atoms with Gasteiger partial charge in [-0.15, -0.1) is 24.8 Å². The number of carbonyl (C=O) groups is 1. The average molecular weight is 402 g/mol. The van der Waals surface area contributed by atoms with Gasteiger partial charge < -0.3 is 11.1 Å². The van der Waals surface area contributed by atoms with Crippen LogP contribution in [0.5, 0.6) is 0 Å². The number of hydrogen-bond donors (Lipinski definition) is 2. The van der Waals surface area contributed by atoms with Crippen LogP contribution in [0.15, 0.2) is 24.3 Å². The van der Waals surface area contributed by atoms with Gasteiger partial charge in [-0.05, 0) is 56.3 Å². The fourth-order valence-electron chi connectivity index (χ4n) is 4.00. The van der Waals surface area contributed by atoms with Gasteiger partial charge in [-0.25, -0.2) is 0 Å². The Morgan fingerprint density at radius 2 is 1.69 bits per heavy atom. The Hall–Kier alpha value is -0.810. The summed E-state index contributed by atoms with van der Waals surface area (Å²) in [4.78, 5) is 14.9. The van der Waals surface area contributed by atoms with Gasteiger partial charge in [0.1, 0.15) is 0 Å². The number of benzene rings is 1. The van der Waals surface area contributed by atoms with Crippen LogP contribution in [0.3, 0.4) is 0 Å². The molecule has 2 unspecified atom stereocenters. The van der Waals surface area contributed by atoms with Gasteiger partial charge in [-0.1, -0.05) is 37.1 Å². The van der Waals surface area contributed by atoms with Crippen molar-refractivity contribution >= 4 is 30.7 Å². The summed E-state index contributed by atoms with van der Waals surface area (Å²) in [7, 11) is 0. The number of hydrogen-bond acceptors (Lipinski definition) is 3. The number of nitrogens with two attached hydrogens (primary N) is 1. The van der Waals surface area contributed by atoms with E-state index in [1.54, 1.807) is 0 Å². The Bertz CT molecular complexity index is 548. The molecule has 0 spiro atoms. The molecule has 148 valence electrons. The maximum absolute atomic E-state index is 12.3. The van der Waals surface area contributed by atoms with Crippen molar-refractivity contribution in [2.45, 2.75) is 64.1 Å². The maximum atomic E-state index is 12.3. The summed E-state index contributed by atoms with van der Waals surface area (Å²) < 4.78 is 0. The Morgan fingerprint density at radius 1 is 1.04 bits per heavy atom. The standard InChI is InChI=1S/C20H31N3O.2ClH/c21-19-10-9-16(13-19)20(24)22-14-17-7-3-4-8-18(17)15-23-11-5-1-2-6-12-23;;/h3-4,7-8,16,19H,1-2,5-6,9-15,21H2,(H,22,24);2*1H. The van der Waals surface area contributed by atoms with E-state index >= 15 is 0 Å². The van der Waals surface area contributed by atoms with Crippen molar-refractivity contribution in [1.82, 2.24) is 10.2 Å². The molecular weight excluding hydrogens is 369 g/mol. The molecule has 3 rings (SSSR count). The Kier molecular flexibility index (Phi) is 10.6. The fourth-order valence-corrected chi connectivity index (χ4v) is 4.00. The second kappa shape index (κ2) is 11.8. The molecule has 1 aliphatic heterocycles. The van der Waals surface area contributed by atoms with Crippen LogP contribution in [-0.2, 0) is 17.9 Å². The third-order valence-corrected chi connectivity index (χ3v) is 5.51. The van der Waals surface area contributed by atoms with Crippen LogP contribution < -0.4 is 11.1 Å². The minimum atomic E-state index is 0. The van der Waals surface area contributed by atoms with Crippen molar-refractivity contribution in [1.29, 1.82) is 0 Å². The van der Waals surface area contributed by atoms with E-state index < -0.39 is 0 Å². The highest BCUT2D eigenvalue weighted by Gasteiger charge is 2.27. The smallest absolute Gasteiger partial charge is 0.223 e. The molecule has 1 aromatic rings. The average Bonchev–Trinajstić information content (AvgIpc) is 2.87. The molecule has 0 radical (unpaired) electrons. The molecule has 0 bridgehead atoms. The molecule has 1 saturated carbocycles. The predicted molar refractivity (Wildman–Crippen MR) is 112 cm³/mol. The minimum absolute atomic E-state index is 0. The topological polar surface area (TPSA) is 58.4 Å². The van der Waals surface area contributed by atoms with Gasteiger partial charge in [0.25, 0.3) is 0 Å². The third-order valence-electron chi connectivity index (χ3n) is 5.51. The molecule has 2 atom stereocenters. The third kappa shape index (κ3) is 6.73. The molecule has 6 heteroatoms. The summed E-state index contributed by atoms with van der Waals surface area (Å²) in [5.41, 5.74) is 8.52. The summed E-state index contributed by atoms with van der Waals surface area (Å²) in [6.07, 6.45) is 8.07. The van der Waals surface area contributed by atoms with Crippen LogP contribution >= 0.6 is 24.8 Å². The second-order valence-electron chi connectivity index (χ2n) is 7.45. The van der Waals surface area contributed by atoms with Crippen LogP contribution in [0.1, 0.15) is 56.1 Å². The normalized spacial score (nSPS) is 23.4. The fraction of sp³-hybridized carbons (Fsp3) is 0.650. The lowest BCUT2D eigenvalue weighted by Gasteiger charge is -2.22. The molecule has 0 aromatic heterocycles. The highest BCUT2D eigenvalue weighted by Crippen LogP contribution is 2.24. The molecule has 1 amide bonds. The van der Waals surface area contributed by atoms with E-state index in [0.717, 1.165) is 25.8 Å². The molecule has 2 aliphatic rings. The molecule has 2 fully saturated rings. The van der Waals surface area contributed by atoms with Gasteiger partial charge >= 0.3 is 0 Å². The van der Waals surface area contributed by atoms with E-state index in [1.807, 2.05) is 0 Å². The first-order valence-electron chi connectivity index (χ1n) is 9.55. The van der Waals surface area contributed by atoms with Crippen LogP contribution in [0.25, 0.3) is 0 Å². The Morgan fingerprint density at radius 3 is 2.31 bits per heavy atom. The maximum Gasteiger partial charge on any atom is 0.223 e. The van der Waals surface area contributed by atoms with Crippen molar-refractivity contribution in [2.75, 3.05) is 13.1 Å². The number of halogens is 2. The summed E-state index contributed by atoms with van der Waals surface area (Å²) in [6.45, 7) is 4.02. The van der Waals surface area contributed by atoms with Crippen molar-refractivity contribution in [3.63, 3.8) is 0 Å². The van der Waals surface area contributed by atoms with Gasteiger partial charge in [0.05, 0.1) is 0 Å². The number of rotatable bonds is 5. The van der Waals surface area contributed by atoms with Gasteiger partial charge in [0.15, 0.2) is 0 Å². The first-order chi connectivity index (χ1) is 11.7. The Labute approximate surface area is 170 Å². The number of likely N-dealkylation sites (tertiary alicyclic amines) is 1. The van der Waals surface area contributed by atoms with Gasteiger partial charge in [-0.3, -0.25) is 9.69 Å². The molecule has 3 N–H and O–H groups in total. The summed E-state index contributed by atoms with van der Waals surface area (Å²) in [5, 5.41) is 3.14. The van der Waals surface area contributed by atoms with Gasteiger partial charge in [0, 0.05) is 25.0 Å². The van der Waals surface area contributed by atoms with E-state index in [-0.39, 0.29) is 42.7 Å². The highest BCUT2D eigenvalue weighted by molar-refractivity contribution is 5.85. The van der Waals surface area contributed by atoms with Crippen molar-refractivity contribution in [2.24, 2.45) is 11.7 Å². The summed E-state index contributed by atoms with van der Waals surface area (Å²) >= 11 is 0. The molecule has 1 aromatic carbocycles. The Balaban J connectivity index is 0.00000169. The van der Waals surface area contributed by atoms with Crippen LogP contribution in [0.2, 0.25) is 0 Å². The second-order valence-corrected chi connectivity index (χ2v) is 7.45. The number of amides is 1. The summed E-state index contributed by atoms with van der Waals surface area (Å²) in [5.74, 6) is 0.283. The van der Waals surface area contributed by atoms with E-state index in [0.29, 0.717) is 6.54 Å². The molecular formula is C20H33Cl2N3O. The first kappa shape index (κ1) is 23.2. The molecule has 1 heterocycles.